The molecule has 7 heteroatoms. The number of ether oxygens (including phenoxy) is 1. The summed E-state index contributed by atoms with van der Waals surface area (Å²) in [5, 5.41) is 20.0. The number of aryl methyl sites for hydroxylation is 2. The van der Waals surface area contributed by atoms with E-state index in [1.165, 1.54) is 12.6 Å². The molecule has 0 aliphatic heterocycles. The van der Waals surface area contributed by atoms with Gasteiger partial charge in [0.15, 0.2) is 5.76 Å². The molecule has 0 radical (unpaired) electrons. The lowest BCUT2D eigenvalue weighted by Crippen LogP contribution is -2.32. The first-order valence-corrected chi connectivity index (χ1v) is 12.8. The molecule has 37 heavy (non-hydrogen) atoms. The summed E-state index contributed by atoms with van der Waals surface area (Å²) in [4.78, 5) is 24.5. The number of furan rings is 1. The van der Waals surface area contributed by atoms with Crippen molar-refractivity contribution in [3.8, 4) is 5.75 Å². The lowest BCUT2D eigenvalue weighted by Gasteiger charge is -2.26. The summed E-state index contributed by atoms with van der Waals surface area (Å²) in [6.45, 7) is 10.0. The van der Waals surface area contributed by atoms with Gasteiger partial charge in [0, 0.05) is 12.4 Å². The van der Waals surface area contributed by atoms with E-state index in [1.807, 2.05) is 45.9 Å². The van der Waals surface area contributed by atoms with Crippen LogP contribution in [0.2, 0.25) is 0 Å². The standard InChI is InChI=1S/C30H39NO6/c1-7-21(10-8-20-9-13-24(19(2)14-20)36-18-27(32)30(3,4)5)22-11-12-23-16-26(37-25(23)15-22)29(35)31(6)17-28(33)34/h9,11-16,21,27,32H,7-8,10,17-18H2,1-6H3,(H,33,34). The smallest absolute Gasteiger partial charge is 0.323 e. The van der Waals surface area contributed by atoms with Crippen molar-refractivity contribution < 1.29 is 29.0 Å². The van der Waals surface area contributed by atoms with Crippen molar-refractivity contribution in [3.05, 3.63) is 64.9 Å². The number of amides is 1. The molecule has 0 saturated carbocycles. The van der Waals surface area contributed by atoms with Crippen LogP contribution in [0.25, 0.3) is 11.0 Å². The Balaban J connectivity index is 1.66. The topological polar surface area (TPSA) is 100 Å². The molecule has 2 atom stereocenters. The second kappa shape index (κ2) is 11.8. The van der Waals surface area contributed by atoms with E-state index in [4.69, 9.17) is 14.3 Å². The van der Waals surface area contributed by atoms with Gasteiger partial charge in [-0.2, -0.15) is 0 Å². The lowest BCUT2D eigenvalue weighted by molar-refractivity contribution is -0.137. The van der Waals surface area contributed by atoms with Gasteiger partial charge in [-0.15, -0.1) is 0 Å². The third-order valence-corrected chi connectivity index (χ3v) is 6.86. The maximum absolute atomic E-state index is 12.5. The van der Waals surface area contributed by atoms with Crippen LogP contribution in [0, 0.1) is 12.3 Å². The first kappa shape index (κ1) is 28.3. The largest absolute Gasteiger partial charge is 0.491 e. The van der Waals surface area contributed by atoms with Gasteiger partial charge in [0.05, 0.1) is 6.10 Å². The van der Waals surface area contributed by atoms with Crippen LogP contribution in [-0.2, 0) is 11.2 Å². The van der Waals surface area contributed by atoms with Crippen LogP contribution in [-0.4, -0.2) is 53.3 Å². The van der Waals surface area contributed by atoms with Gasteiger partial charge >= 0.3 is 5.97 Å². The quantitative estimate of drug-likeness (QED) is 0.338. The highest BCUT2D eigenvalue weighted by Gasteiger charge is 2.23. The minimum atomic E-state index is -1.07. The van der Waals surface area contributed by atoms with E-state index in [2.05, 4.69) is 25.1 Å². The van der Waals surface area contributed by atoms with E-state index >= 15 is 0 Å². The normalized spacial score (nSPS) is 13.4. The Morgan fingerprint density at radius 1 is 1.11 bits per heavy atom. The monoisotopic (exact) mass is 509 g/mol. The summed E-state index contributed by atoms with van der Waals surface area (Å²) in [7, 11) is 1.44. The fourth-order valence-corrected chi connectivity index (χ4v) is 4.26. The van der Waals surface area contributed by atoms with Crippen molar-refractivity contribution >= 4 is 22.8 Å². The molecule has 1 heterocycles. The molecule has 2 aromatic carbocycles. The molecule has 0 aliphatic rings. The zero-order valence-corrected chi connectivity index (χ0v) is 22.7. The predicted octanol–water partition coefficient (Wildman–Crippen LogP) is 5.81. The maximum atomic E-state index is 12.5. The van der Waals surface area contributed by atoms with E-state index in [0.29, 0.717) is 11.5 Å². The minimum Gasteiger partial charge on any atom is -0.491 e. The summed E-state index contributed by atoms with van der Waals surface area (Å²) in [6.07, 6.45) is 2.29. The first-order chi connectivity index (χ1) is 17.4. The summed E-state index contributed by atoms with van der Waals surface area (Å²) >= 11 is 0. The van der Waals surface area contributed by atoms with E-state index < -0.39 is 18.0 Å². The second-order valence-electron chi connectivity index (χ2n) is 10.9. The van der Waals surface area contributed by atoms with Gasteiger partial charge < -0.3 is 24.3 Å². The Bertz CT molecular complexity index is 1240. The Kier molecular flexibility index (Phi) is 9.02. The van der Waals surface area contributed by atoms with Crippen LogP contribution >= 0.6 is 0 Å². The summed E-state index contributed by atoms with van der Waals surface area (Å²) in [5.41, 5.74) is 3.82. The molecule has 1 amide bonds. The number of carboxylic acid groups (broad SMARTS) is 1. The molecule has 0 fully saturated rings. The molecular formula is C30H39NO6. The second-order valence-corrected chi connectivity index (χ2v) is 10.9. The lowest BCUT2D eigenvalue weighted by atomic mass is 9.89. The molecule has 3 aromatic rings. The number of aliphatic hydroxyl groups is 1. The molecular weight excluding hydrogens is 470 g/mol. The van der Waals surface area contributed by atoms with Gasteiger partial charge in [-0.05, 0) is 72.4 Å². The van der Waals surface area contributed by atoms with Crippen molar-refractivity contribution in [1.82, 2.24) is 4.90 Å². The van der Waals surface area contributed by atoms with Crippen molar-refractivity contribution in [2.45, 2.75) is 65.9 Å². The number of nitrogens with zero attached hydrogens (tertiary/aromatic N) is 1. The van der Waals surface area contributed by atoms with Crippen LogP contribution in [0.5, 0.6) is 5.75 Å². The van der Waals surface area contributed by atoms with E-state index in [1.54, 1.807) is 6.07 Å². The number of rotatable bonds is 11. The highest BCUT2D eigenvalue weighted by atomic mass is 16.5. The van der Waals surface area contributed by atoms with Crippen molar-refractivity contribution in [2.24, 2.45) is 5.41 Å². The number of fused-ring (bicyclic) bond motifs is 1. The summed E-state index contributed by atoms with van der Waals surface area (Å²) < 4.78 is 11.7. The third-order valence-electron chi connectivity index (χ3n) is 6.86. The zero-order chi connectivity index (χ0) is 27.3. The van der Waals surface area contributed by atoms with E-state index in [-0.39, 0.29) is 24.3 Å². The average Bonchev–Trinajstić information content (AvgIpc) is 3.25. The number of hydrogen-bond donors (Lipinski definition) is 2. The predicted molar refractivity (Wildman–Crippen MR) is 144 cm³/mol. The molecule has 7 nitrogen and oxygen atoms in total. The summed E-state index contributed by atoms with van der Waals surface area (Å²) in [6, 6.07) is 13.9. The number of carbonyl (C=O) groups is 2. The van der Waals surface area contributed by atoms with Gasteiger partial charge in [0.1, 0.15) is 24.5 Å². The van der Waals surface area contributed by atoms with Crippen LogP contribution in [0.4, 0.5) is 0 Å². The number of benzene rings is 2. The van der Waals surface area contributed by atoms with Gasteiger partial charge in [-0.25, -0.2) is 0 Å². The Morgan fingerprint density at radius 3 is 2.46 bits per heavy atom. The average molecular weight is 510 g/mol. The van der Waals surface area contributed by atoms with Crippen LogP contribution < -0.4 is 4.74 Å². The molecule has 0 aliphatic carbocycles. The fraction of sp³-hybridized carbons (Fsp3) is 0.467. The van der Waals surface area contributed by atoms with Crippen molar-refractivity contribution in [1.29, 1.82) is 0 Å². The number of carbonyl (C=O) groups excluding carboxylic acids is 1. The molecule has 3 rings (SSSR count). The Morgan fingerprint density at radius 2 is 1.84 bits per heavy atom. The molecule has 2 N–H and O–H groups in total. The molecule has 0 bridgehead atoms. The molecule has 200 valence electrons. The van der Waals surface area contributed by atoms with Gasteiger partial charge in [0.2, 0.25) is 0 Å². The number of aliphatic carboxylic acids is 1. The Hall–Kier alpha value is -3.32. The minimum absolute atomic E-state index is 0.136. The maximum Gasteiger partial charge on any atom is 0.323 e. The highest BCUT2D eigenvalue weighted by molar-refractivity contribution is 5.97. The number of carboxylic acids is 1. The molecule has 2 unspecified atom stereocenters. The third kappa shape index (κ3) is 7.35. The zero-order valence-electron chi connectivity index (χ0n) is 22.7. The number of aliphatic hydroxyl groups excluding tert-OH is 1. The first-order valence-electron chi connectivity index (χ1n) is 12.8. The van der Waals surface area contributed by atoms with Gasteiger partial charge in [-0.1, -0.05) is 52.0 Å². The van der Waals surface area contributed by atoms with Crippen LogP contribution in [0.15, 0.2) is 46.9 Å². The number of likely N-dealkylation sites (N-methyl/N-ethyl adjacent to an activating group) is 1. The fourth-order valence-electron chi connectivity index (χ4n) is 4.26. The highest BCUT2D eigenvalue weighted by Crippen LogP contribution is 2.31. The van der Waals surface area contributed by atoms with E-state index in [0.717, 1.165) is 46.4 Å². The van der Waals surface area contributed by atoms with Gasteiger partial charge in [-0.3, -0.25) is 9.59 Å². The van der Waals surface area contributed by atoms with Crippen LogP contribution in [0.3, 0.4) is 0 Å². The van der Waals surface area contributed by atoms with Crippen molar-refractivity contribution in [2.75, 3.05) is 20.2 Å². The number of hydrogen-bond acceptors (Lipinski definition) is 5. The Labute approximate surface area is 219 Å². The molecule has 1 aromatic heterocycles. The van der Waals surface area contributed by atoms with Crippen molar-refractivity contribution in [3.63, 3.8) is 0 Å². The van der Waals surface area contributed by atoms with E-state index in [9.17, 15) is 14.7 Å². The molecule has 0 saturated heterocycles. The molecule has 0 spiro atoms. The summed E-state index contributed by atoms with van der Waals surface area (Å²) in [5.74, 6) is -0.278. The van der Waals surface area contributed by atoms with Crippen LogP contribution in [0.1, 0.15) is 73.7 Å². The van der Waals surface area contributed by atoms with Gasteiger partial charge in [0.25, 0.3) is 5.91 Å². The SMILES string of the molecule is CCC(CCc1ccc(OCC(O)C(C)(C)C)c(C)c1)c1ccc2cc(C(=O)N(C)CC(=O)O)oc2c1.